The number of aliphatic hydroxyl groups excluding tert-OH is 1. The van der Waals surface area contributed by atoms with Crippen LogP contribution in [-0.4, -0.2) is 30.6 Å². The molecule has 0 saturated heterocycles. The van der Waals surface area contributed by atoms with Gasteiger partial charge in [0.05, 0.1) is 19.3 Å². The average Bonchev–Trinajstić information content (AvgIpc) is 3.62. The summed E-state index contributed by atoms with van der Waals surface area (Å²) < 4.78 is 5.44. The van der Waals surface area contributed by atoms with Crippen LogP contribution in [0.5, 0.6) is 5.75 Å². The molecule has 6 atom stereocenters. The first kappa shape index (κ1) is 26.2. The van der Waals surface area contributed by atoms with Crippen LogP contribution in [0.2, 0.25) is 0 Å². The second-order valence-electron chi connectivity index (χ2n) is 10.2. The fraction of sp³-hybridized carbons (Fsp3) is 0.433. The van der Waals surface area contributed by atoms with Gasteiger partial charge in [-0.05, 0) is 136 Å². The molecule has 6 rings (SSSR count). The number of nitrogens with zero attached hydrogens (tertiary/aromatic N) is 1. The Morgan fingerprint density at radius 2 is 1.74 bits per heavy atom. The van der Waals surface area contributed by atoms with E-state index in [9.17, 15) is 5.11 Å². The Labute approximate surface area is 218 Å². The molecule has 0 spiro atoms. The van der Waals surface area contributed by atoms with Crippen LogP contribution in [-0.2, 0) is 23.5 Å². The van der Waals surface area contributed by atoms with Gasteiger partial charge in [-0.15, -0.1) is 0 Å². The van der Waals surface area contributed by atoms with Crippen molar-refractivity contribution in [2.24, 2.45) is 22.2 Å². The number of hydrogen-bond donors (Lipinski definition) is 1. The molecule has 1 N–H and O–H groups in total. The van der Waals surface area contributed by atoms with Gasteiger partial charge in [-0.1, -0.05) is 13.0 Å². The number of hydrogen-bond acceptors (Lipinski definition) is 3. The zero-order valence-corrected chi connectivity index (χ0v) is 21.2. The Morgan fingerprint density at radius 1 is 1.03 bits per heavy atom. The molecule has 1 aromatic rings. The van der Waals surface area contributed by atoms with Crippen molar-refractivity contribution in [3.63, 3.8) is 0 Å². The molecule has 5 aliphatic rings. The monoisotopic (exact) mass is 497 g/mol. The number of fused-ring (bicyclic) bond motifs is 5. The zero-order valence-electron chi connectivity index (χ0n) is 20.1. The summed E-state index contributed by atoms with van der Waals surface area (Å²) in [4.78, 5) is 4.83. The summed E-state index contributed by atoms with van der Waals surface area (Å²) in [5, 5.41) is 11.2. The van der Waals surface area contributed by atoms with Crippen molar-refractivity contribution in [3.8, 4) is 5.75 Å². The minimum Gasteiger partial charge on any atom is -0.497 e. The molecule has 34 heavy (non-hydrogen) atoms. The Hall–Kier alpha value is -0.831. The number of rotatable bonds is 3. The fourth-order valence-electron chi connectivity index (χ4n) is 6.79. The molecule has 10 radical (unpaired) electrons. The van der Waals surface area contributed by atoms with Crippen LogP contribution in [0.25, 0.3) is 0 Å². The molecule has 3 nitrogen and oxygen atoms in total. The van der Waals surface area contributed by atoms with Crippen molar-refractivity contribution in [1.29, 1.82) is 0 Å². The van der Waals surface area contributed by atoms with E-state index in [1.807, 2.05) is 51.2 Å². The number of aryl methyl sites for hydroxylation is 1. The molecule has 4 saturated carbocycles. The van der Waals surface area contributed by atoms with E-state index in [4.69, 9.17) is 9.73 Å². The van der Waals surface area contributed by atoms with Crippen LogP contribution < -0.4 is 4.74 Å². The molecule has 0 aromatic heterocycles. The van der Waals surface area contributed by atoms with Gasteiger partial charge in [0.1, 0.15) is 5.75 Å². The quantitative estimate of drug-likeness (QED) is 0.450. The summed E-state index contributed by atoms with van der Waals surface area (Å²) in [6, 6.07) is 6.67. The number of aliphatic imine (C=N–C) groups is 1. The van der Waals surface area contributed by atoms with Gasteiger partial charge >= 0.3 is 17.1 Å². The van der Waals surface area contributed by atoms with Crippen molar-refractivity contribution in [2.45, 2.75) is 57.1 Å². The van der Waals surface area contributed by atoms with Gasteiger partial charge in [0, 0.05) is 12.1 Å². The SMILES string of the molecule is COc1ccc2c(c1)CC[C@@H]1[C@@H]2CC[C@]2(C)[C@@H](O)[C@H](N=C[C]3[CH][CH][CH][CH]3)C[C@@H]12.[CH]1[CH][CH][CH][CH]1.[Fe+2]. The number of benzene rings is 1. The molecule has 5 aliphatic carbocycles. The maximum absolute atomic E-state index is 11.2. The summed E-state index contributed by atoms with van der Waals surface area (Å²) in [7, 11) is 1.75. The first-order valence-electron chi connectivity index (χ1n) is 12.4. The van der Waals surface area contributed by atoms with Crippen molar-refractivity contribution in [1.82, 2.24) is 0 Å². The van der Waals surface area contributed by atoms with Crippen LogP contribution in [0, 0.1) is 81.0 Å². The molecule has 0 heterocycles. The number of aliphatic hydroxyl groups is 1. The summed E-state index contributed by atoms with van der Waals surface area (Å²) in [6.07, 6.45) is 25.5. The van der Waals surface area contributed by atoms with Crippen molar-refractivity contribution in [3.05, 3.63) is 93.0 Å². The maximum Gasteiger partial charge on any atom is 2.00 e. The van der Waals surface area contributed by atoms with E-state index in [1.165, 1.54) is 24.0 Å². The van der Waals surface area contributed by atoms with Crippen LogP contribution in [0.3, 0.4) is 0 Å². The minimum atomic E-state index is -0.332. The van der Waals surface area contributed by atoms with Gasteiger partial charge in [0.25, 0.3) is 0 Å². The van der Waals surface area contributed by atoms with Gasteiger partial charge < -0.3 is 9.84 Å². The Kier molecular flexibility index (Phi) is 8.86. The van der Waals surface area contributed by atoms with E-state index in [0.717, 1.165) is 30.9 Å². The Balaban J connectivity index is 0.000000407. The zero-order chi connectivity index (χ0) is 22.8. The molecule has 0 amide bonds. The van der Waals surface area contributed by atoms with Gasteiger partial charge in [0.15, 0.2) is 0 Å². The second-order valence-corrected chi connectivity index (χ2v) is 10.2. The van der Waals surface area contributed by atoms with E-state index in [2.05, 4.69) is 38.0 Å². The normalized spacial score (nSPS) is 36.7. The smallest absolute Gasteiger partial charge is 0.497 e. The van der Waals surface area contributed by atoms with Gasteiger partial charge in [-0.3, -0.25) is 4.99 Å². The van der Waals surface area contributed by atoms with Crippen molar-refractivity contribution in [2.75, 3.05) is 7.11 Å². The van der Waals surface area contributed by atoms with Crippen LogP contribution in [0.1, 0.15) is 49.7 Å². The van der Waals surface area contributed by atoms with Gasteiger partial charge in [-0.2, -0.15) is 0 Å². The topological polar surface area (TPSA) is 41.8 Å². The van der Waals surface area contributed by atoms with Crippen molar-refractivity contribution >= 4 is 6.21 Å². The molecule has 4 heteroatoms. The van der Waals surface area contributed by atoms with Crippen LogP contribution in [0.4, 0.5) is 0 Å². The number of methoxy groups -OCH3 is 1. The maximum atomic E-state index is 11.2. The third kappa shape index (κ3) is 5.16. The molecule has 0 aliphatic heterocycles. The summed E-state index contributed by atoms with van der Waals surface area (Å²) in [5.74, 6) is 3.94. The molecule has 0 bridgehead atoms. The van der Waals surface area contributed by atoms with E-state index in [1.54, 1.807) is 7.11 Å². The number of ether oxygens (including phenoxy) is 1. The predicted molar refractivity (Wildman–Crippen MR) is 133 cm³/mol. The molecular weight excluding hydrogens is 462 g/mol. The van der Waals surface area contributed by atoms with E-state index >= 15 is 0 Å². The largest absolute Gasteiger partial charge is 2.00 e. The first-order valence-corrected chi connectivity index (χ1v) is 12.4. The molecule has 1 aromatic carbocycles. The molecule has 0 unspecified atom stereocenters. The fourth-order valence-corrected chi connectivity index (χ4v) is 6.79. The van der Waals surface area contributed by atoms with E-state index < -0.39 is 0 Å². The second kappa shape index (κ2) is 11.5. The Morgan fingerprint density at radius 3 is 2.41 bits per heavy atom. The van der Waals surface area contributed by atoms with Gasteiger partial charge in [0.2, 0.25) is 0 Å². The van der Waals surface area contributed by atoms with Gasteiger partial charge in [-0.25, -0.2) is 0 Å². The van der Waals surface area contributed by atoms with Crippen LogP contribution in [0.15, 0.2) is 23.2 Å². The first-order chi connectivity index (χ1) is 16.1. The molecular formula is C30H35FeNO2+2. The summed E-state index contributed by atoms with van der Waals surface area (Å²) in [6.45, 7) is 2.32. The van der Waals surface area contributed by atoms with Crippen LogP contribution >= 0.6 is 0 Å². The third-order valence-electron chi connectivity index (χ3n) is 8.57. The summed E-state index contributed by atoms with van der Waals surface area (Å²) >= 11 is 0. The standard InChI is InChI=1S/C25H30NO2.C5H5.Fe/c1-25-12-11-20-19-10-8-18(28-2)13-17(19)7-9-21(20)22(25)14-23(24(25)27)26-15-16-5-3-4-6-16;1-2-4-5-3-1;/h3-6,8,10,13,15,20-24,27H,7,9,11-12,14H2,1-2H3;1-5H;/q;;+2/t20-,21-,22+,23-,24+,25+;;/m1../s1. The van der Waals surface area contributed by atoms with E-state index in [-0.39, 0.29) is 34.6 Å². The average molecular weight is 497 g/mol. The van der Waals surface area contributed by atoms with E-state index in [0.29, 0.717) is 17.8 Å². The predicted octanol–water partition coefficient (Wildman–Crippen LogP) is 5.39. The Bertz CT molecular complexity index is 823. The third-order valence-corrected chi connectivity index (χ3v) is 8.57. The molecule has 4 fully saturated rings. The molecule has 178 valence electrons. The summed E-state index contributed by atoms with van der Waals surface area (Å²) in [5.41, 5.74) is 2.99. The minimum absolute atomic E-state index is 0. The van der Waals surface area contributed by atoms with Crippen molar-refractivity contribution < 1.29 is 26.9 Å².